The molecule has 2 N–H and O–H groups in total. The second-order valence-corrected chi connectivity index (χ2v) is 4.85. The Morgan fingerprint density at radius 2 is 2.11 bits per heavy atom. The Morgan fingerprint density at radius 3 is 2.72 bits per heavy atom. The molecule has 4 nitrogen and oxygen atoms in total. The van der Waals surface area contributed by atoms with Crippen molar-refractivity contribution in [1.82, 2.24) is 5.32 Å². The van der Waals surface area contributed by atoms with Crippen LogP contribution in [0.1, 0.15) is 12.5 Å². The molecule has 18 heavy (non-hydrogen) atoms. The largest absolute Gasteiger partial charge is 0.491 e. The molecule has 0 saturated carbocycles. The van der Waals surface area contributed by atoms with Crippen LogP contribution in [0, 0.1) is 6.92 Å². The van der Waals surface area contributed by atoms with E-state index in [1.165, 1.54) is 11.3 Å². The zero-order valence-corrected chi connectivity index (χ0v) is 11.1. The van der Waals surface area contributed by atoms with E-state index in [9.17, 15) is 5.11 Å². The first kappa shape index (κ1) is 13.2. The van der Waals surface area contributed by atoms with Crippen molar-refractivity contribution in [1.29, 1.82) is 0 Å². The molecule has 1 aromatic carbocycles. The predicted octanol–water partition coefficient (Wildman–Crippen LogP) is 1.16. The number of nitrogens with one attached hydrogen (secondary N) is 1. The van der Waals surface area contributed by atoms with Crippen molar-refractivity contribution in [3.05, 3.63) is 23.8 Å². The minimum Gasteiger partial charge on any atom is -0.491 e. The van der Waals surface area contributed by atoms with Gasteiger partial charge in [-0.3, -0.25) is 0 Å². The molecule has 1 aliphatic rings. The Bertz CT molecular complexity index is 387. The number of hydrogen-bond donors (Lipinski definition) is 2. The Labute approximate surface area is 109 Å². The molecule has 100 valence electrons. The molecule has 0 aromatic heterocycles. The van der Waals surface area contributed by atoms with Gasteiger partial charge in [0.05, 0.1) is 6.10 Å². The summed E-state index contributed by atoms with van der Waals surface area (Å²) in [6.07, 6.45) is -0.432. The fourth-order valence-electron chi connectivity index (χ4n) is 2.20. The monoisotopic (exact) mass is 250 g/mol. The van der Waals surface area contributed by atoms with Gasteiger partial charge < -0.3 is 20.1 Å². The molecule has 1 atom stereocenters. The van der Waals surface area contributed by atoms with Crippen LogP contribution in [0.25, 0.3) is 0 Å². The first-order chi connectivity index (χ1) is 8.66. The molecular formula is C14H22N2O2. The van der Waals surface area contributed by atoms with Crippen molar-refractivity contribution >= 4 is 5.69 Å². The van der Waals surface area contributed by atoms with E-state index < -0.39 is 6.10 Å². The van der Waals surface area contributed by atoms with E-state index in [1.807, 2.05) is 12.1 Å². The van der Waals surface area contributed by atoms with E-state index in [-0.39, 0.29) is 0 Å². The van der Waals surface area contributed by atoms with Gasteiger partial charge in [-0.15, -0.1) is 0 Å². The molecule has 0 radical (unpaired) electrons. The molecule has 2 rings (SSSR count). The molecule has 1 saturated heterocycles. The standard InChI is InChI=1S/C14H22N2O2/c1-11-9-13(18-10-12(2)17)3-4-14(11)16-7-5-15-6-8-16/h3-4,9,12,15,17H,5-8,10H2,1-2H3/t12-/m0/s1. The maximum Gasteiger partial charge on any atom is 0.119 e. The molecule has 0 unspecified atom stereocenters. The number of piperazine rings is 1. The van der Waals surface area contributed by atoms with Crippen LogP contribution in [-0.4, -0.2) is 44.0 Å². The number of rotatable bonds is 4. The highest BCUT2D eigenvalue weighted by atomic mass is 16.5. The van der Waals surface area contributed by atoms with Gasteiger partial charge in [0.2, 0.25) is 0 Å². The predicted molar refractivity (Wildman–Crippen MR) is 73.4 cm³/mol. The van der Waals surface area contributed by atoms with Gasteiger partial charge in [-0.25, -0.2) is 0 Å². The van der Waals surface area contributed by atoms with Gasteiger partial charge in [0.1, 0.15) is 12.4 Å². The van der Waals surface area contributed by atoms with Crippen molar-refractivity contribution in [2.24, 2.45) is 0 Å². The van der Waals surface area contributed by atoms with Crippen LogP contribution in [0.5, 0.6) is 5.75 Å². The lowest BCUT2D eigenvalue weighted by Crippen LogP contribution is -2.43. The number of aryl methyl sites for hydroxylation is 1. The summed E-state index contributed by atoms with van der Waals surface area (Å²) in [6, 6.07) is 6.13. The van der Waals surface area contributed by atoms with Gasteiger partial charge in [0.25, 0.3) is 0 Å². The second kappa shape index (κ2) is 6.07. The van der Waals surface area contributed by atoms with Crippen LogP contribution in [0.15, 0.2) is 18.2 Å². The van der Waals surface area contributed by atoms with E-state index in [1.54, 1.807) is 6.92 Å². The van der Waals surface area contributed by atoms with Crippen LogP contribution >= 0.6 is 0 Å². The molecule has 0 bridgehead atoms. The van der Waals surface area contributed by atoms with E-state index in [0.717, 1.165) is 31.9 Å². The molecular weight excluding hydrogens is 228 g/mol. The average molecular weight is 250 g/mol. The first-order valence-electron chi connectivity index (χ1n) is 6.54. The van der Waals surface area contributed by atoms with Crippen LogP contribution in [-0.2, 0) is 0 Å². The summed E-state index contributed by atoms with van der Waals surface area (Å²) < 4.78 is 5.51. The molecule has 1 aliphatic heterocycles. The molecule has 0 amide bonds. The molecule has 0 aliphatic carbocycles. The van der Waals surface area contributed by atoms with E-state index in [0.29, 0.717) is 6.61 Å². The van der Waals surface area contributed by atoms with Crippen LogP contribution in [0.4, 0.5) is 5.69 Å². The van der Waals surface area contributed by atoms with E-state index >= 15 is 0 Å². The lowest BCUT2D eigenvalue weighted by Gasteiger charge is -2.30. The summed E-state index contributed by atoms with van der Waals surface area (Å²) in [5, 5.41) is 12.6. The lowest BCUT2D eigenvalue weighted by atomic mass is 10.1. The van der Waals surface area contributed by atoms with Crippen molar-refractivity contribution in [2.75, 3.05) is 37.7 Å². The van der Waals surface area contributed by atoms with Crippen LogP contribution < -0.4 is 15.0 Å². The Kier molecular flexibility index (Phi) is 4.44. The number of benzene rings is 1. The fraction of sp³-hybridized carbons (Fsp3) is 0.571. The van der Waals surface area contributed by atoms with Gasteiger partial charge in [0.15, 0.2) is 0 Å². The van der Waals surface area contributed by atoms with Crippen LogP contribution in [0.3, 0.4) is 0 Å². The summed E-state index contributed by atoms with van der Waals surface area (Å²) in [5.74, 6) is 0.826. The third-order valence-electron chi connectivity index (χ3n) is 3.12. The third kappa shape index (κ3) is 3.37. The SMILES string of the molecule is Cc1cc(OC[C@H](C)O)ccc1N1CCNCC1. The number of ether oxygens (including phenoxy) is 1. The van der Waals surface area contributed by atoms with Gasteiger partial charge in [-0.1, -0.05) is 0 Å². The normalized spacial score (nSPS) is 17.6. The maximum atomic E-state index is 9.20. The molecule has 0 spiro atoms. The number of aliphatic hydroxyl groups excluding tert-OH is 1. The fourth-order valence-corrected chi connectivity index (χ4v) is 2.20. The molecule has 1 fully saturated rings. The quantitative estimate of drug-likeness (QED) is 0.842. The summed E-state index contributed by atoms with van der Waals surface area (Å²) >= 11 is 0. The highest BCUT2D eigenvalue weighted by Crippen LogP contribution is 2.25. The van der Waals surface area contributed by atoms with Gasteiger partial charge >= 0.3 is 0 Å². The molecule has 4 heteroatoms. The summed E-state index contributed by atoms with van der Waals surface area (Å²) in [6.45, 7) is 8.35. The minimum absolute atomic E-state index is 0.340. The van der Waals surface area contributed by atoms with Crippen LogP contribution in [0.2, 0.25) is 0 Å². The highest BCUT2D eigenvalue weighted by molar-refractivity contribution is 5.56. The van der Waals surface area contributed by atoms with Crippen molar-refractivity contribution in [3.63, 3.8) is 0 Å². The van der Waals surface area contributed by atoms with E-state index in [4.69, 9.17) is 4.74 Å². The molecule has 1 heterocycles. The Balaban J connectivity index is 2.04. The highest BCUT2D eigenvalue weighted by Gasteiger charge is 2.12. The maximum absolute atomic E-state index is 9.20. The first-order valence-corrected chi connectivity index (χ1v) is 6.54. The van der Waals surface area contributed by atoms with Crippen molar-refractivity contribution in [3.8, 4) is 5.75 Å². The summed E-state index contributed by atoms with van der Waals surface area (Å²) in [4.78, 5) is 2.39. The van der Waals surface area contributed by atoms with E-state index in [2.05, 4.69) is 23.2 Å². The number of anilines is 1. The van der Waals surface area contributed by atoms with Gasteiger partial charge in [-0.2, -0.15) is 0 Å². The van der Waals surface area contributed by atoms with Gasteiger partial charge in [0, 0.05) is 31.9 Å². The molecule has 1 aromatic rings. The zero-order valence-electron chi connectivity index (χ0n) is 11.1. The number of aliphatic hydroxyl groups is 1. The number of hydrogen-bond acceptors (Lipinski definition) is 4. The van der Waals surface area contributed by atoms with Gasteiger partial charge in [-0.05, 0) is 37.6 Å². The number of nitrogens with zero attached hydrogens (tertiary/aromatic N) is 1. The average Bonchev–Trinajstić information content (AvgIpc) is 2.37. The van der Waals surface area contributed by atoms with Crippen molar-refractivity contribution in [2.45, 2.75) is 20.0 Å². The smallest absolute Gasteiger partial charge is 0.119 e. The third-order valence-corrected chi connectivity index (χ3v) is 3.12. The Morgan fingerprint density at radius 1 is 1.39 bits per heavy atom. The topological polar surface area (TPSA) is 44.7 Å². The lowest BCUT2D eigenvalue weighted by molar-refractivity contribution is 0.122. The summed E-state index contributed by atoms with van der Waals surface area (Å²) in [7, 11) is 0. The zero-order chi connectivity index (χ0) is 13.0. The van der Waals surface area contributed by atoms with Crippen molar-refractivity contribution < 1.29 is 9.84 Å². The minimum atomic E-state index is -0.432. The summed E-state index contributed by atoms with van der Waals surface area (Å²) in [5.41, 5.74) is 2.50. The Hall–Kier alpha value is -1.26. The second-order valence-electron chi connectivity index (χ2n) is 4.85.